The lowest BCUT2D eigenvalue weighted by Gasteiger charge is -2.06. The van der Waals surface area contributed by atoms with Gasteiger partial charge in [-0.2, -0.15) is 0 Å². The average Bonchev–Trinajstić information content (AvgIpc) is 2.39. The fourth-order valence-corrected chi connectivity index (χ4v) is 1.72. The summed E-state index contributed by atoms with van der Waals surface area (Å²) in [4.78, 5) is 11.4. The number of carbonyl (C=O) groups is 1. The van der Waals surface area contributed by atoms with Crippen molar-refractivity contribution in [2.45, 2.75) is 6.92 Å². The molecule has 2 rings (SSSR count). The van der Waals surface area contributed by atoms with Gasteiger partial charge in [0.2, 0.25) is 0 Å². The van der Waals surface area contributed by atoms with Crippen molar-refractivity contribution in [1.82, 2.24) is 0 Å². The van der Waals surface area contributed by atoms with Crippen molar-refractivity contribution < 1.29 is 13.9 Å². The quantitative estimate of drug-likeness (QED) is 0.755. The van der Waals surface area contributed by atoms with E-state index in [0.29, 0.717) is 11.1 Å². The molecule has 0 spiro atoms. The van der Waals surface area contributed by atoms with Gasteiger partial charge in [0.1, 0.15) is 5.82 Å². The molecule has 2 aromatic rings. The van der Waals surface area contributed by atoms with Gasteiger partial charge < -0.3 is 4.74 Å². The number of rotatable bonds is 2. The molecule has 2 nitrogen and oxygen atoms in total. The smallest absolute Gasteiger partial charge is 0.337 e. The highest BCUT2D eigenvalue weighted by atomic mass is 19.1. The second-order valence-electron chi connectivity index (χ2n) is 4.05. The van der Waals surface area contributed by atoms with E-state index < -0.39 is 5.97 Å². The summed E-state index contributed by atoms with van der Waals surface area (Å²) < 4.78 is 18.4. The van der Waals surface area contributed by atoms with Crippen LogP contribution < -0.4 is 0 Å². The molecule has 0 radical (unpaired) electrons. The van der Waals surface area contributed by atoms with Gasteiger partial charge in [0.25, 0.3) is 0 Å². The van der Waals surface area contributed by atoms with Gasteiger partial charge in [-0.3, -0.25) is 0 Å². The van der Waals surface area contributed by atoms with E-state index in [1.165, 1.54) is 25.3 Å². The summed E-state index contributed by atoms with van der Waals surface area (Å²) in [6.07, 6.45) is 0. The Balaban J connectivity index is 2.49. The maximum Gasteiger partial charge on any atom is 0.337 e. The lowest BCUT2D eigenvalue weighted by atomic mass is 10.0. The Morgan fingerprint density at radius 1 is 1.11 bits per heavy atom. The molecule has 0 amide bonds. The molecule has 18 heavy (non-hydrogen) atoms. The van der Waals surface area contributed by atoms with Crippen LogP contribution in [0.1, 0.15) is 15.9 Å². The van der Waals surface area contributed by atoms with Crippen LogP contribution in [0.2, 0.25) is 0 Å². The minimum Gasteiger partial charge on any atom is -0.465 e. The number of hydrogen-bond acceptors (Lipinski definition) is 2. The van der Waals surface area contributed by atoms with E-state index in [2.05, 4.69) is 4.74 Å². The first kappa shape index (κ1) is 12.3. The number of hydrogen-bond donors (Lipinski definition) is 0. The third kappa shape index (κ3) is 2.40. The fourth-order valence-electron chi connectivity index (χ4n) is 1.72. The van der Waals surface area contributed by atoms with Gasteiger partial charge in [-0.25, -0.2) is 9.18 Å². The molecule has 0 unspecified atom stereocenters. The molecular formula is C15H13FO2. The summed E-state index contributed by atoms with van der Waals surface area (Å²) in [7, 11) is 1.30. The monoisotopic (exact) mass is 244 g/mol. The van der Waals surface area contributed by atoms with Gasteiger partial charge in [0, 0.05) is 5.56 Å². The molecule has 0 aromatic heterocycles. The maximum absolute atomic E-state index is 13.8. The first-order valence-corrected chi connectivity index (χ1v) is 5.56. The molecule has 0 atom stereocenters. The van der Waals surface area contributed by atoms with Crippen molar-refractivity contribution in [2.75, 3.05) is 7.11 Å². The van der Waals surface area contributed by atoms with Crippen molar-refractivity contribution >= 4 is 5.97 Å². The van der Waals surface area contributed by atoms with Crippen LogP contribution in [0.4, 0.5) is 4.39 Å². The van der Waals surface area contributed by atoms with Gasteiger partial charge >= 0.3 is 5.97 Å². The van der Waals surface area contributed by atoms with Gasteiger partial charge in [0.05, 0.1) is 12.7 Å². The number of aryl methyl sites for hydroxylation is 1. The Kier molecular flexibility index (Phi) is 3.42. The van der Waals surface area contributed by atoms with Crippen LogP contribution in [0.5, 0.6) is 0 Å². The SMILES string of the molecule is COC(=O)c1ccc(F)c(-c2ccc(C)cc2)c1. The Hall–Kier alpha value is -2.16. The maximum atomic E-state index is 13.8. The molecular weight excluding hydrogens is 231 g/mol. The fraction of sp³-hybridized carbons (Fsp3) is 0.133. The number of esters is 1. The lowest BCUT2D eigenvalue weighted by molar-refractivity contribution is 0.0600. The topological polar surface area (TPSA) is 26.3 Å². The lowest BCUT2D eigenvalue weighted by Crippen LogP contribution is -2.01. The average molecular weight is 244 g/mol. The Bertz CT molecular complexity index is 574. The van der Waals surface area contributed by atoms with Crippen LogP contribution in [0.3, 0.4) is 0 Å². The Morgan fingerprint density at radius 3 is 2.39 bits per heavy atom. The molecule has 0 bridgehead atoms. The van der Waals surface area contributed by atoms with E-state index in [-0.39, 0.29) is 5.82 Å². The number of halogens is 1. The minimum absolute atomic E-state index is 0.342. The van der Waals surface area contributed by atoms with Crippen molar-refractivity contribution in [1.29, 1.82) is 0 Å². The molecule has 0 saturated heterocycles. The van der Waals surface area contributed by atoms with Crippen LogP contribution in [-0.2, 0) is 4.74 Å². The molecule has 0 aliphatic rings. The minimum atomic E-state index is -0.469. The normalized spacial score (nSPS) is 10.2. The zero-order chi connectivity index (χ0) is 13.1. The highest BCUT2D eigenvalue weighted by Crippen LogP contribution is 2.24. The molecule has 2 aromatic carbocycles. The first-order valence-electron chi connectivity index (χ1n) is 5.56. The number of ether oxygens (including phenoxy) is 1. The van der Waals surface area contributed by atoms with Crippen LogP contribution in [-0.4, -0.2) is 13.1 Å². The van der Waals surface area contributed by atoms with E-state index in [9.17, 15) is 9.18 Å². The molecule has 3 heteroatoms. The summed E-state index contributed by atoms with van der Waals surface area (Å²) >= 11 is 0. The predicted octanol–water partition coefficient (Wildman–Crippen LogP) is 3.59. The van der Waals surface area contributed by atoms with Crippen LogP contribution in [0.25, 0.3) is 11.1 Å². The summed E-state index contributed by atoms with van der Waals surface area (Å²) in [5, 5.41) is 0. The van der Waals surface area contributed by atoms with E-state index >= 15 is 0 Å². The largest absolute Gasteiger partial charge is 0.465 e. The van der Waals surface area contributed by atoms with Gasteiger partial charge in [-0.1, -0.05) is 29.8 Å². The molecule has 92 valence electrons. The predicted molar refractivity (Wildman–Crippen MR) is 67.9 cm³/mol. The van der Waals surface area contributed by atoms with Crippen molar-refractivity contribution in [3.8, 4) is 11.1 Å². The molecule has 0 saturated carbocycles. The van der Waals surface area contributed by atoms with E-state index in [1.54, 1.807) is 0 Å². The molecule has 0 heterocycles. The molecule has 0 fully saturated rings. The van der Waals surface area contributed by atoms with E-state index in [0.717, 1.165) is 11.1 Å². The van der Waals surface area contributed by atoms with E-state index in [4.69, 9.17) is 0 Å². The first-order chi connectivity index (χ1) is 8.61. The summed E-state index contributed by atoms with van der Waals surface area (Å²) in [5.74, 6) is -0.824. The highest BCUT2D eigenvalue weighted by Gasteiger charge is 2.11. The molecule has 0 N–H and O–H groups in total. The molecule has 0 aliphatic heterocycles. The Labute approximate surface area is 105 Å². The van der Waals surface area contributed by atoms with Gasteiger partial charge in [-0.15, -0.1) is 0 Å². The van der Waals surface area contributed by atoms with Crippen molar-refractivity contribution in [3.63, 3.8) is 0 Å². The third-order valence-corrected chi connectivity index (χ3v) is 2.75. The summed E-state index contributed by atoms with van der Waals surface area (Å²) in [6, 6.07) is 11.7. The summed E-state index contributed by atoms with van der Waals surface area (Å²) in [5.41, 5.74) is 2.58. The van der Waals surface area contributed by atoms with Gasteiger partial charge in [-0.05, 0) is 30.7 Å². The number of benzene rings is 2. The zero-order valence-corrected chi connectivity index (χ0v) is 10.2. The summed E-state index contributed by atoms with van der Waals surface area (Å²) in [6.45, 7) is 1.96. The van der Waals surface area contributed by atoms with Crippen LogP contribution >= 0.6 is 0 Å². The second-order valence-corrected chi connectivity index (χ2v) is 4.05. The zero-order valence-electron chi connectivity index (χ0n) is 10.2. The standard InChI is InChI=1S/C15H13FO2/c1-10-3-5-11(6-4-10)13-9-12(15(17)18-2)7-8-14(13)16/h3-9H,1-2H3. The van der Waals surface area contributed by atoms with E-state index in [1.807, 2.05) is 31.2 Å². The van der Waals surface area contributed by atoms with Crippen molar-refractivity contribution in [2.24, 2.45) is 0 Å². The highest BCUT2D eigenvalue weighted by molar-refractivity contribution is 5.91. The number of methoxy groups -OCH3 is 1. The third-order valence-electron chi connectivity index (χ3n) is 2.75. The van der Waals surface area contributed by atoms with Crippen LogP contribution in [0.15, 0.2) is 42.5 Å². The van der Waals surface area contributed by atoms with Crippen LogP contribution in [0, 0.1) is 12.7 Å². The van der Waals surface area contributed by atoms with Gasteiger partial charge in [0.15, 0.2) is 0 Å². The van der Waals surface area contributed by atoms with Crippen molar-refractivity contribution in [3.05, 3.63) is 59.4 Å². The Morgan fingerprint density at radius 2 is 1.78 bits per heavy atom. The molecule has 0 aliphatic carbocycles. The number of carbonyl (C=O) groups excluding carboxylic acids is 1. The second kappa shape index (κ2) is 5.00.